The van der Waals surface area contributed by atoms with Crippen LogP contribution in [0.1, 0.15) is 0 Å². The summed E-state index contributed by atoms with van der Waals surface area (Å²) in [5.74, 6) is 0.657. The summed E-state index contributed by atoms with van der Waals surface area (Å²) >= 11 is 0. The molecule has 4 rings (SSSR count). The molecule has 0 amide bonds. The quantitative estimate of drug-likeness (QED) is 0.345. The fourth-order valence-corrected chi connectivity index (χ4v) is 2.75. The lowest BCUT2D eigenvalue weighted by Crippen LogP contribution is -2.26. The van der Waals surface area contributed by atoms with Gasteiger partial charge in [-0.05, 0) is 24.3 Å². The van der Waals surface area contributed by atoms with Gasteiger partial charge in [-0.15, -0.1) is 0 Å². The Morgan fingerprint density at radius 1 is 1.12 bits per heavy atom. The van der Waals surface area contributed by atoms with Crippen molar-refractivity contribution in [3.63, 3.8) is 0 Å². The molecule has 0 atom stereocenters. The molecule has 0 fully saturated rings. The molecule has 0 aliphatic carbocycles. The minimum atomic E-state index is 0.478. The maximum atomic E-state index is 11.8. The topological polar surface area (TPSA) is 74.0 Å². The number of ether oxygens (including phenoxy) is 1. The number of aromatic nitrogens is 3. The molecule has 0 unspecified atom stereocenters. The van der Waals surface area contributed by atoms with Crippen molar-refractivity contribution < 1.29 is 9.47 Å². The highest BCUT2D eigenvalue weighted by atomic mass is 16.5. The molecule has 0 spiro atoms. The van der Waals surface area contributed by atoms with Gasteiger partial charge in [0.15, 0.2) is 6.20 Å². The molecule has 0 aliphatic rings. The Kier molecular flexibility index (Phi) is 4.00. The van der Waals surface area contributed by atoms with Gasteiger partial charge in [0, 0.05) is 29.9 Å². The van der Waals surface area contributed by atoms with Crippen molar-refractivity contribution in [1.29, 1.82) is 0 Å². The highest BCUT2D eigenvalue weighted by molar-refractivity contribution is 5.90. The Morgan fingerprint density at radius 3 is 3.00 bits per heavy atom. The first-order valence-corrected chi connectivity index (χ1v) is 7.99. The highest BCUT2D eigenvalue weighted by Gasteiger charge is 2.04. The van der Waals surface area contributed by atoms with Gasteiger partial charge in [0.1, 0.15) is 17.9 Å². The van der Waals surface area contributed by atoms with E-state index in [1.165, 1.54) is 6.33 Å². The molecule has 4 aromatic rings. The Balaban J connectivity index is 1.42. The average Bonchev–Trinajstić information content (AvgIpc) is 2.66. The molecule has 6 heteroatoms. The van der Waals surface area contributed by atoms with Gasteiger partial charge in [0.05, 0.1) is 10.9 Å². The van der Waals surface area contributed by atoms with Gasteiger partial charge in [-0.3, -0.25) is 4.98 Å². The summed E-state index contributed by atoms with van der Waals surface area (Å²) in [6.45, 7) is 1.12. The molecule has 0 saturated carbocycles. The molecule has 1 N–H and O–H groups in total. The van der Waals surface area contributed by atoms with Crippen LogP contribution in [0.5, 0.6) is 5.75 Å². The van der Waals surface area contributed by atoms with Crippen LogP contribution in [-0.2, 0) is 0 Å². The largest absolute Gasteiger partial charge is 0.710 e. The van der Waals surface area contributed by atoms with Crippen LogP contribution in [0, 0.1) is 5.21 Å². The summed E-state index contributed by atoms with van der Waals surface area (Å²) in [5.41, 5.74) is 2.52. The molecule has 0 saturated heterocycles. The van der Waals surface area contributed by atoms with E-state index in [2.05, 4.69) is 15.3 Å². The number of rotatable bonds is 5. The molecular formula is C19H16N4O2. The van der Waals surface area contributed by atoms with Gasteiger partial charge in [-0.2, -0.15) is 0 Å². The molecular weight excluding hydrogens is 316 g/mol. The third-order valence-corrected chi connectivity index (χ3v) is 3.96. The first-order chi connectivity index (χ1) is 12.3. The van der Waals surface area contributed by atoms with E-state index in [-0.39, 0.29) is 0 Å². The van der Waals surface area contributed by atoms with E-state index in [1.54, 1.807) is 18.5 Å². The van der Waals surface area contributed by atoms with E-state index in [0.29, 0.717) is 24.4 Å². The maximum absolute atomic E-state index is 11.8. The number of nitrogens with one attached hydrogen (secondary N) is 1. The van der Waals surface area contributed by atoms with Crippen LogP contribution >= 0.6 is 0 Å². The van der Waals surface area contributed by atoms with Crippen LogP contribution in [-0.4, -0.2) is 23.1 Å². The predicted octanol–water partition coefficient (Wildman–Crippen LogP) is 2.91. The zero-order valence-corrected chi connectivity index (χ0v) is 13.4. The number of nitrogens with zero attached hydrogens (tertiary/aromatic N) is 3. The van der Waals surface area contributed by atoms with Crippen molar-refractivity contribution >= 4 is 27.5 Å². The number of hydrogen-bond acceptors (Lipinski definition) is 5. The van der Waals surface area contributed by atoms with Crippen LogP contribution < -0.4 is 14.8 Å². The number of hydrogen-bond donors (Lipinski definition) is 1. The van der Waals surface area contributed by atoms with Crippen LogP contribution in [0.4, 0.5) is 5.69 Å². The van der Waals surface area contributed by atoms with Crippen LogP contribution in [0.25, 0.3) is 21.8 Å². The summed E-state index contributed by atoms with van der Waals surface area (Å²) in [4.78, 5) is 8.22. The van der Waals surface area contributed by atoms with E-state index < -0.39 is 0 Å². The number of benzene rings is 2. The minimum absolute atomic E-state index is 0.478. The monoisotopic (exact) mass is 332 g/mol. The van der Waals surface area contributed by atoms with Gasteiger partial charge in [-0.1, -0.05) is 23.2 Å². The second kappa shape index (κ2) is 6.60. The summed E-state index contributed by atoms with van der Waals surface area (Å²) in [7, 11) is 0. The zero-order chi connectivity index (χ0) is 17.1. The van der Waals surface area contributed by atoms with Crippen molar-refractivity contribution in [3.8, 4) is 5.75 Å². The van der Waals surface area contributed by atoms with Crippen LogP contribution in [0.15, 0.2) is 67.3 Å². The molecule has 6 nitrogen and oxygen atoms in total. The number of para-hydroxylation sites is 1. The first kappa shape index (κ1) is 15.1. The van der Waals surface area contributed by atoms with E-state index >= 15 is 0 Å². The lowest BCUT2D eigenvalue weighted by molar-refractivity contribution is -0.580. The molecule has 2 heterocycles. The molecule has 2 aromatic heterocycles. The van der Waals surface area contributed by atoms with Crippen molar-refractivity contribution in [2.24, 2.45) is 0 Å². The average molecular weight is 332 g/mol. The van der Waals surface area contributed by atoms with Crippen molar-refractivity contribution in [2.75, 3.05) is 18.5 Å². The molecule has 0 bridgehead atoms. The second-order valence-electron chi connectivity index (χ2n) is 5.59. The standard InChI is InChI=1S/C19H16N4O2/c24-23-13-20-12-14-5-6-15(11-19(14)23)25-10-9-22-18-7-8-21-17-4-2-1-3-16(17)18/h1-8,11-13H,9-10H2,(H,21,22). The Hall–Kier alpha value is -3.41. The van der Waals surface area contributed by atoms with Gasteiger partial charge >= 0.3 is 0 Å². The number of fused-ring (bicyclic) bond motifs is 2. The maximum Gasteiger partial charge on any atom is 0.289 e. The molecule has 124 valence electrons. The Labute approximate surface area is 144 Å². The summed E-state index contributed by atoms with van der Waals surface area (Å²) in [5, 5.41) is 17.0. The fraction of sp³-hybridized carbons (Fsp3) is 0.105. The lowest BCUT2D eigenvalue weighted by atomic mass is 10.2. The van der Waals surface area contributed by atoms with Gasteiger partial charge in [-0.25, -0.2) is 4.73 Å². The molecule has 2 aromatic carbocycles. The molecule has 0 radical (unpaired) electrons. The SMILES string of the molecule is [O-][n+]1cncc2ccc(OCCNc3ccnc4ccccc34)cc21. The lowest BCUT2D eigenvalue weighted by Gasteiger charge is -2.11. The molecule has 25 heavy (non-hydrogen) atoms. The van der Waals surface area contributed by atoms with Crippen LogP contribution in [0.2, 0.25) is 0 Å². The smallest absolute Gasteiger partial charge is 0.289 e. The highest BCUT2D eigenvalue weighted by Crippen LogP contribution is 2.21. The van der Waals surface area contributed by atoms with E-state index in [1.807, 2.05) is 42.5 Å². The Morgan fingerprint density at radius 2 is 2.04 bits per heavy atom. The zero-order valence-electron chi connectivity index (χ0n) is 13.4. The predicted molar refractivity (Wildman–Crippen MR) is 96.4 cm³/mol. The van der Waals surface area contributed by atoms with Gasteiger partial charge in [0.25, 0.3) is 6.33 Å². The van der Waals surface area contributed by atoms with Gasteiger partial charge in [0.2, 0.25) is 0 Å². The Bertz CT molecular complexity index is 1030. The third-order valence-electron chi connectivity index (χ3n) is 3.96. The number of pyridine rings is 1. The minimum Gasteiger partial charge on any atom is -0.710 e. The first-order valence-electron chi connectivity index (χ1n) is 7.99. The third kappa shape index (κ3) is 3.14. The van der Waals surface area contributed by atoms with E-state index in [9.17, 15) is 5.21 Å². The second-order valence-corrected chi connectivity index (χ2v) is 5.59. The van der Waals surface area contributed by atoms with Crippen molar-refractivity contribution in [3.05, 3.63) is 72.5 Å². The molecule has 0 aliphatic heterocycles. The summed E-state index contributed by atoms with van der Waals surface area (Å²) < 4.78 is 6.49. The van der Waals surface area contributed by atoms with Crippen LogP contribution in [0.3, 0.4) is 0 Å². The van der Waals surface area contributed by atoms with Gasteiger partial charge < -0.3 is 15.3 Å². The summed E-state index contributed by atoms with van der Waals surface area (Å²) in [6, 6.07) is 15.3. The van der Waals surface area contributed by atoms with E-state index in [0.717, 1.165) is 26.7 Å². The fourth-order valence-electron chi connectivity index (χ4n) is 2.75. The van der Waals surface area contributed by atoms with Crippen molar-refractivity contribution in [1.82, 2.24) is 9.97 Å². The van der Waals surface area contributed by atoms with E-state index in [4.69, 9.17) is 4.74 Å². The number of anilines is 1. The van der Waals surface area contributed by atoms with Crippen molar-refractivity contribution in [2.45, 2.75) is 0 Å². The summed E-state index contributed by atoms with van der Waals surface area (Å²) in [6.07, 6.45) is 4.68. The normalized spacial score (nSPS) is 10.9.